The molecule has 4 rings (SSSR count). The molecule has 0 spiro atoms. The number of hydrogen-bond donors (Lipinski definition) is 0. The van der Waals surface area contributed by atoms with Crippen molar-refractivity contribution in [3.63, 3.8) is 0 Å². The number of likely N-dealkylation sites (tertiary alicyclic amines) is 1. The van der Waals surface area contributed by atoms with Crippen LogP contribution in [0.25, 0.3) is 0 Å². The van der Waals surface area contributed by atoms with Crippen LogP contribution in [0.1, 0.15) is 49.0 Å². The summed E-state index contributed by atoms with van der Waals surface area (Å²) in [5.41, 5.74) is 1.07. The molecule has 1 aliphatic carbocycles. The predicted molar refractivity (Wildman–Crippen MR) is 87.5 cm³/mol. The third kappa shape index (κ3) is 3.56. The average molecular weight is 329 g/mol. The van der Waals surface area contributed by atoms with Crippen molar-refractivity contribution in [1.82, 2.24) is 24.6 Å². The molecule has 24 heavy (non-hydrogen) atoms. The first-order chi connectivity index (χ1) is 11.7. The largest absolute Gasteiger partial charge is 0.340 e. The maximum absolute atomic E-state index is 12.2. The standard InChI is InChI=1S/C17H23N5O2/c1-12-19-16(20-24-12)10-21-6-4-13(5-7-21)9-22-11-18-15(8-17(22)23)14-2-3-14/h8,11,13-14H,2-7,9-10H2,1H3. The number of hydrogen-bond acceptors (Lipinski definition) is 6. The molecule has 7 heteroatoms. The third-order valence-electron chi connectivity index (χ3n) is 4.99. The lowest BCUT2D eigenvalue weighted by Crippen LogP contribution is -2.36. The summed E-state index contributed by atoms with van der Waals surface area (Å²) in [6.45, 7) is 5.32. The minimum atomic E-state index is 0.0941. The number of nitrogens with zero attached hydrogens (tertiary/aromatic N) is 5. The smallest absolute Gasteiger partial charge is 0.253 e. The van der Waals surface area contributed by atoms with Gasteiger partial charge in [0, 0.05) is 25.5 Å². The van der Waals surface area contributed by atoms with E-state index in [9.17, 15) is 4.79 Å². The Labute approximate surface area is 140 Å². The van der Waals surface area contributed by atoms with Gasteiger partial charge in [-0.25, -0.2) is 4.98 Å². The lowest BCUT2D eigenvalue weighted by molar-refractivity contribution is 0.161. The first kappa shape index (κ1) is 15.5. The van der Waals surface area contributed by atoms with E-state index in [0.717, 1.165) is 50.5 Å². The van der Waals surface area contributed by atoms with Crippen LogP contribution >= 0.6 is 0 Å². The van der Waals surface area contributed by atoms with Gasteiger partial charge in [-0.1, -0.05) is 5.16 Å². The van der Waals surface area contributed by atoms with Crippen LogP contribution in [-0.4, -0.2) is 37.7 Å². The molecule has 0 atom stereocenters. The molecule has 3 heterocycles. The second-order valence-electron chi connectivity index (χ2n) is 7.03. The van der Waals surface area contributed by atoms with Gasteiger partial charge >= 0.3 is 0 Å². The van der Waals surface area contributed by atoms with Crippen LogP contribution in [-0.2, 0) is 13.1 Å². The number of rotatable bonds is 5. The highest BCUT2D eigenvalue weighted by atomic mass is 16.5. The number of aromatic nitrogens is 4. The SMILES string of the molecule is Cc1nc(CN2CCC(Cn3cnc(C4CC4)cc3=O)CC2)no1. The van der Waals surface area contributed by atoms with Crippen LogP contribution in [0.4, 0.5) is 0 Å². The zero-order valence-corrected chi connectivity index (χ0v) is 14.0. The van der Waals surface area contributed by atoms with Gasteiger partial charge in [0.15, 0.2) is 5.82 Å². The Morgan fingerprint density at radius 2 is 2.04 bits per heavy atom. The molecule has 2 aromatic heterocycles. The van der Waals surface area contributed by atoms with Crippen LogP contribution in [0.15, 0.2) is 21.7 Å². The van der Waals surface area contributed by atoms with Gasteiger partial charge in [-0.05, 0) is 44.7 Å². The van der Waals surface area contributed by atoms with Gasteiger partial charge in [-0.3, -0.25) is 14.3 Å². The number of piperidine rings is 1. The molecular weight excluding hydrogens is 306 g/mol. The fourth-order valence-corrected chi connectivity index (χ4v) is 3.39. The first-order valence-electron chi connectivity index (χ1n) is 8.75. The Balaban J connectivity index is 1.30. The Hall–Kier alpha value is -2.02. The summed E-state index contributed by atoms with van der Waals surface area (Å²) in [4.78, 5) is 23.3. The quantitative estimate of drug-likeness (QED) is 0.831. The summed E-state index contributed by atoms with van der Waals surface area (Å²) in [7, 11) is 0. The molecule has 0 amide bonds. The summed E-state index contributed by atoms with van der Waals surface area (Å²) in [5.74, 6) is 2.42. The molecule has 0 bridgehead atoms. The van der Waals surface area contributed by atoms with Crippen molar-refractivity contribution in [3.8, 4) is 0 Å². The molecule has 0 N–H and O–H groups in total. The van der Waals surface area contributed by atoms with E-state index in [-0.39, 0.29) is 5.56 Å². The zero-order valence-electron chi connectivity index (χ0n) is 14.0. The lowest BCUT2D eigenvalue weighted by atomic mass is 9.96. The van der Waals surface area contributed by atoms with Gasteiger partial charge in [0.05, 0.1) is 18.6 Å². The topological polar surface area (TPSA) is 77.1 Å². The molecule has 2 fully saturated rings. The predicted octanol–water partition coefficient (Wildman–Crippen LogP) is 1.72. The van der Waals surface area contributed by atoms with E-state index in [2.05, 4.69) is 20.0 Å². The van der Waals surface area contributed by atoms with Crippen LogP contribution < -0.4 is 5.56 Å². The Kier molecular flexibility index (Phi) is 4.18. The summed E-state index contributed by atoms with van der Waals surface area (Å²) >= 11 is 0. The normalized spacial score (nSPS) is 19.7. The molecule has 1 aliphatic heterocycles. The molecule has 2 aromatic rings. The van der Waals surface area contributed by atoms with E-state index in [1.165, 1.54) is 12.8 Å². The van der Waals surface area contributed by atoms with Crippen molar-refractivity contribution < 1.29 is 4.52 Å². The summed E-state index contributed by atoms with van der Waals surface area (Å²) in [5, 5.41) is 3.95. The van der Waals surface area contributed by atoms with Crippen molar-refractivity contribution in [2.75, 3.05) is 13.1 Å². The molecule has 7 nitrogen and oxygen atoms in total. The Bertz CT molecular complexity index is 756. The fourth-order valence-electron chi connectivity index (χ4n) is 3.39. The number of aryl methyl sites for hydroxylation is 1. The van der Waals surface area contributed by atoms with Crippen LogP contribution in [0, 0.1) is 12.8 Å². The van der Waals surface area contributed by atoms with Gasteiger partial charge in [0.2, 0.25) is 5.89 Å². The molecule has 0 aromatic carbocycles. The van der Waals surface area contributed by atoms with Crippen LogP contribution in [0.2, 0.25) is 0 Å². The average Bonchev–Trinajstić information content (AvgIpc) is 3.34. The van der Waals surface area contributed by atoms with E-state index >= 15 is 0 Å². The van der Waals surface area contributed by atoms with Crippen LogP contribution in [0.3, 0.4) is 0 Å². The fraction of sp³-hybridized carbons (Fsp3) is 0.647. The van der Waals surface area contributed by atoms with E-state index in [0.29, 0.717) is 17.7 Å². The maximum Gasteiger partial charge on any atom is 0.253 e. The zero-order chi connectivity index (χ0) is 16.5. The summed E-state index contributed by atoms with van der Waals surface area (Å²) in [6.07, 6.45) is 6.25. The first-order valence-corrected chi connectivity index (χ1v) is 8.75. The Morgan fingerprint density at radius 1 is 1.25 bits per heavy atom. The minimum absolute atomic E-state index is 0.0941. The molecule has 128 valence electrons. The highest BCUT2D eigenvalue weighted by molar-refractivity contribution is 5.12. The second-order valence-corrected chi connectivity index (χ2v) is 7.03. The highest BCUT2D eigenvalue weighted by Crippen LogP contribution is 2.38. The minimum Gasteiger partial charge on any atom is -0.340 e. The highest BCUT2D eigenvalue weighted by Gasteiger charge is 2.26. The van der Waals surface area contributed by atoms with Gasteiger partial charge in [0.1, 0.15) is 0 Å². The van der Waals surface area contributed by atoms with E-state index < -0.39 is 0 Å². The Morgan fingerprint density at radius 3 is 2.67 bits per heavy atom. The molecule has 1 saturated heterocycles. The van der Waals surface area contributed by atoms with Crippen LogP contribution in [0.5, 0.6) is 0 Å². The van der Waals surface area contributed by atoms with E-state index in [1.54, 1.807) is 17.0 Å². The molecule has 0 unspecified atom stereocenters. The molecule has 0 radical (unpaired) electrons. The summed E-state index contributed by atoms with van der Waals surface area (Å²) < 4.78 is 6.79. The monoisotopic (exact) mass is 329 g/mol. The molecule has 1 saturated carbocycles. The third-order valence-corrected chi connectivity index (χ3v) is 4.99. The molecule has 2 aliphatic rings. The maximum atomic E-state index is 12.2. The molecular formula is C17H23N5O2. The van der Waals surface area contributed by atoms with Gasteiger partial charge in [0.25, 0.3) is 5.56 Å². The summed E-state index contributed by atoms with van der Waals surface area (Å²) in [6, 6.07) is 1.73. The van der Waals surface area contributed by atoms with Crippen molar-refractivity contribution in [3.05, 3.63) is 40.2 Å². The second kappa shape index (κ2) is 6.47. The van der Waals surface area contributed by atoms with Crippen molar-refractivity contribution >= 4 is 0 Å². The van der Waals surface area contributed by atoms with E-state index in [4.69, 9.17) is 4.52 Å². The van der Waals surface area contributed by atoms with Crippen molar-refractivity contribution in [1.29, 1.82) is 0 Å². The van der Waals surface area contributed by atoms with Crippen molar-refractivity contribution in [2.24, 2.45) is 5.92 Å². The van der Waals surface area contributed by atoms with Crippen molar-refractivity contribution in [2.45, 2.75) is 51.6 Å². The lowest BCUT2D eigenvalue weighted by Gasteiger charge is -2.31. The van der Waals surface area contributed by atoms with Gasteiger partial charge < -0.3 is 4.52 Å². The van der Waals surface area contributed by atoms with Gasteiger partial charge in [-0.15, -0.1) is 0 Å². The van der Waals surface area contributed by atoms with Gasteiger partial charge in [-0.2, -0.15) is 4.98 Å². The van der Waals surface area contributed by atoms with E-state index in [1.807, 2.05) is 6.92 Å².